The number of benzene rings is 1. The first-order chi connectivity index (χ1) is 10.4. The van der Waals surface area contributed by atoms with Gasteiger partial charge in [0.15, 0.2) is 0 Å². The summed E-state index contributed by atoms with van der Waals surface area (Å²) in [5, 5.41) is 3.01. The van der Waals surface area contributed by atoms with E-state index in [0.717, 1.165) is 6.07 Å². The molecule has 1 aromatic rings. The van der Waals surface area contributed by atoms with E-state index >= 15 is 0 Å². The number of halogens is 3. The number of rotatable bonds is 4. The van der Waals surface area contributed by atoms with Crippen LogP contribution in [0.1, 0.15) is 12.0 Å². The van der Waals surface area contributed by atoms with Crippen molar-refractivity contribution in [1.29, 1.82) is 0 Å². The number of piperazine rings is 1. The number of carbonyl (C=O) groups is 2. The summed E-state index contributed by atoms with van der Waals surface area (Å²) >= 11 is 0. The molecule has 1 atom stereocenters. The van der Waals surface area contributed by atoms with Crippen molar-refractivity contribution in [2.24, 2.45) is 0 Å². The van der Waals surface area contributed by atoms with Crippen LogP contribution >= 0.6 is 12.4 Å². The molecular weight excluding hydrogens is 328 g/mol. The third-order valence-corrected chi connectivity index (χ3v) is 3.56. The highest BCUT2D eigenvalue weighted by Gasteiger charge is 2.30. The smallest absolute Gasteiger partial charge is 0.240 e. The second-order valence-corrected chi connectivity index (χ2v) is 5.54. The molecule has 0 aromatic heterocycles. The molecule has 0 aliphatic carbocycles. The topological polar surface area (TPSA) is 52.7 Å². The van der Waals surface area contributed by atoms with Crippen LogP contribution in [-0.4, -0.2) is 54.8 Å². The SMILES string of the molecule is CN(C)C(=O)CC1NCCN(Cc2cc(F)cc(F)c2)C1=O.Cl. The quantitative estimate of drug-likeness (QED) is 0.889. The van der Waals surface area contributed by atoms with Gasteiger partial charge in [0.25, 0.3) is 0 Å². The summed E-state index contributed by atoms with van der Waals surface area (Å²) < 4.78 is 26.4. The van der Waals surface area contributed by atoms with Crippen LogP contribution in [0.3, 0.4) is 0 Å². The van der Waals surface area contributed by atoms with Gasteiger partial charge in [-0.3, -0.25) is 9.59 Å². The second-order valence-electron chi connectivity index (χ2n) is 5.54. The molecule has 1 saturated heterocycles. The van der Waals surface area contributed by atoms with Crippen molar-refractivity contribution in [2.75, 3.05) is 27.2 Å². The van der Waals surface area contributed by atoms with E-state index in [4.69, 9.17) is 0 Å². The Morgan fingerprint density at radius 2 is 1.91 bits per heavy atom. The predicted molar refractivity (Wildman–Crippen MR) is 84.1 cm³/mol. The maximum Gasteiger partial charge on any atom is 0.240 e. The van der Waals surface area contributed by atoms with Gasteiger partial charge in [0.05, 0.1) is 12.5 Å². The van der Waals surface area contributed by atoms with Crippen LogP contribution < -0.4 is 5.32 Å². The van der Waals surface area contributed by atoms with Gasteiger partial charge in [-0.2, -0.15) is 0 Å². The molecule has 0 saturated carbocycles. The van der Waals surface area contributed by atoms with E-state index in [9.17, 15) is 18.4 Å². The normalized spacial score (nSPS) is 17.7. The molecule has 23 heavy (non-hydrogen) atoms. The van der Waals surface area contributed by atoms with Gasteiger partial charge in [0.2, 0.25) is 11.8 Å². The Labute approximate surface area is 140 Å². The fourth-order valence-electron chi connectivity index (χ4n) is 2.39. The molecule has 8 heteroatoms. The van der Waals surface area contributed by atoms with Crippen molar-refractivity contribution in [1.82, 2.24) is 15.1 Å². The van der Waals surface area contributed by atoms with E-state index in [2.05, 4.69) is 5.32 Å². The zero-order valence-corrected chi connectivity index (χ0v) is 13.8. The van der Waals surface area contributed by atoms with Gasteiger partial charge in [-0.1, -0.05) is 0 Å². The van der Waals surface area contributed by atoms with Gasteiger partial charge in [-0.25, -0.2) is 8.78 Å². The van der Waals surface area contributed by atoms with Crippen molar-refractivity contribution < 1.29 is 18.4 Å². The lowest BCUT2D eigenvalue weighted by Gasteiger charge is -2.33. The summed E-state index contributed by atoms with van der Waals surface area (Å²) in [4.78, 5) is 27.0. The first-order valence-electron chi connectivity index (χ1n) is 7.04. The Balaban J connectivity index is 0.00000264. The average molecular weight is 348 g/mol. The van der Waals surface area contributed by atoms with Gasteiger partial charge >= 0.3 is 0 Å². The molecule has 0 bridgehead atoms. The molecule has 1 aromatic carbocycles. The zero-order chi connectivity index (χ0) is 16.3. The summed E-state index contributed by atoms with van der Waals surface area (Å²) in [5.74, 6) is -1.72. The van der Waals surface area contributed by atoms with E-state index < -0.39 is 17.7 Å². The van der Waals surface area contributed by atoms with Crippen LogP contribution in [0, 0.1) is 11.6 Å². The minimum absolute atomic E-state index is 0. The highest BCUT2D eigenvalue weighted by atomic mass is 35.5. The van der Waals surface area contributed by atoms with Crippen LogP contribution in [0.4, 0.5) is 8.78 Å². The van der Waals surface area contributed by atoms with E-state index in [1.54, 1.807) is 14.1 Å². The summed E-state index contributed by atoms with van der Waals surface area (Å²) in [5.41, 5.74) is 0.394. The summed E-state index contributed by atoms with van der Waals surface area (Å²) in [7, 11) is 3.26. The Morgan fingerprint density at radius 1 is 1.30 bits per heavy atom. The maximum absolute atomic E-state index is 13.2. The zero-order valence-electron chi connectivity index (χ0n) is 13.0. The van der Waals surface area contributed by atoms with Crippen LogP contribution in [0.15, 0.2) is 18.2 Å². The van der Waals surface area contributed by atoms with E-state index in [0.29, 0.717) is 18.7 Å². The minimum Gasteiger partial charge on any atom is -0.349 e. The summed E-state index contributed by atoms with van der Waals surface area (Å²) in [6, 6.07) is 2.61. The first kappa shape index (κ1) is 19.3. The average Bonchev–Trinajstić information content (AvgIpc) is 2.42. The number of carbonyl (C=O) groups excluding carboxylic acids is 2. The molecule has 1 aliphatic rings. The molecule has 2 amide bonds. The molecule has 1 unspecified atom stereocenters. The summed E-state index contributed by atoms with van der Waals surface area (Å²) in [6.07, 6.45) is 0.0693. The van der Waals surface area contributed by atoms with Gasteiger partial charge in [-0.15, -0.1) is 12.4 Å². The van der Waals surface area contributed by atoms with Crippen molar-refractivity contribution in [3.05, 3.63) is 35.4 Å². The highest BCUT2D eigenvalue weighted by Crippen LogP contribution is 2.14. The molecule has 5 nitrogen and oxygen atoms in total. The van der Waals surface area contributed by atoms with Crippen LogP contribution in [0.5, 0.6) is 0 Å². The Hall–Kier alpha value is -1.73. The molecular formula is C15H20ClF2N3O2. The Kier molecular flexibility index (Phi) is 6.90. The largest absolute Gasteiger partial charge is 0.349 e. The van der Waals surface area contributed by atoms with Crippen LogP contribution in [-0.2, 0) is 16.1 Å². The molecule has 1 aliphatic heterocycles. The summed E-state index contributed by atoms with van der Waals surface area (Å²) in [6.45, 7) is 1.10. The first-order valence-corrected chi connectivity index (χ1v) is 7.04. The highest BCUT2D eigenvalue weighted by molar-refractivity contribution is 5.88. The van der Waals surface area contributed by atoms with Gasteiger partial charge in [0, 0.05) is 39.8 Å². The van der Waals surface area contributed by atoms with E-state index in [1.807, 2.05) is 0 Å². The van der Waals surface area contributed by atoms with Crippen molar-refractivity contribution in [3.63, 3.8) is 0 Å². The fraction of sp³-hybridized carbons (Fsp3) is 0.467. The second kappa shape index (κ2) is 8.21. The third-order valence-electron chi connectivity index (χ3n) is 3.56. The molecule has 1 fully saturated rings. The minimum atomic E-state index is -0.670. The maximum atomic E-state index is 13.2. The lowest BCUT2D eigenvalue weighted by Crippen LogP contribution is -2.55. The molecule has 1 heterocycles. The van der Waals surface area contributed by atoms with Crippen molar-refractivity contribution >= 4 is 24.2 Å². The Bertz CT molecular complexity index is 564. The number of hydrogen-bond donors (Lipinski definition) is 1. The molecule has 128 valence electrons. The standard InChI is InChI=1S/C15H19F2N3O2.ClH/c1-19(2)14(21)8-13-15(22)20(4-3-18-13)9-10-5-11(16)7-12(17)6-10;/h5-7,13,18H,3-4,8-9H2,1-2H3;1H. The number of nitrogens with zero attached hydrogens (tertiary/aromatic N) is 2. The van der Waals surface area contributed by atoms with Gasteiger partial charge in [0.1, 0.15) is 11.6 Å². The fourth-order valence-corrected chi connectivity index (χ4v) is 2.39. The monoisotopic (exact) mass is 347 g/mol. The van der Waals surface area contributed by atoms with Crippen molar-refractivity contribution in [2.45, 2.75) is 19.0 Å². The lowest BCUT2D eigenvalue weighted by atomic mass is 10.1. The Morgan fingerprint density at radius 3 is 2.48 bits per heavy atom. The molecule has 2 rings (SSSR count). The predicted octanol–water partition coefficient (Wildman–Crippen LogP) is 1.17. The van der Waals surface area contributed by atoms with Gasteiger partial charge < -0.3 is 15.1 Å². The van der Waals surface area contributed by atoms with E-state index in [-0.39, 0.29) is 37.2 Å². The van der Waals surface area contributed by atoms with Gasteiger partial charge in [-0.05, 0) is 17.7 Å². The lowest BCUT2D eigenvalue weighted by molar-refractivity contribution is -0.140. The van der Waals surface area contributed by atoms with E-state index in [1.165, 1.54) is 21.9 Å². The molecule has 0 spiro atoms. The molecule has 1 N–H and O–H groups in total. The van der Waals surface area contributed by atoms with Crippen LogP contribution in [0.25, 0.3) is 0 Å². The number of amides is 2. The molecule has 0 radical (unpaired) electrons. The van der Waals surface area contributed by atoms with Crippen LogP contribution in [0.2, 0.25) is 0 Å². The van der Waals surface area contributed by atoms with Crippen molar-refractivity contribution in [3.8, 4) is 0 Å². The number of hydrogen-bond acceptors (Lipinski definition) is 3. The number of nitrogens with one attached hydrogen (secondary N) is 1. The third kappa shape index (κ3) is 5.14.